The van der Waals surface area contributed by atoms with Gasteiger partial charge in [-0.15, -0.1) is 0 Å². The molecule has 2 aliphatic carbocycles. The van der Waals surface area contributed by atoms with Crippen molar-refractivity contribution in [2.24, 2.45) is 11.3 Å². The molecule has 2 rings (SSSR count). The van der Waals surface area contributed by atoms with Crippen molar-refractivity contribution in [1.82, 2.24) is 0 Å². The molecule has 0 spiro atoms. The molecular weight excluding hydrogens is 156 g/mol. The number of hydrogen-bond acceptors (Lipinski definition) is 0. The molecule has 0 heteroatoms. The Bertz CT molecular complexity index is 198. The third kappa shape index (κ3) is 2.72. The van der Waals surface area contributed by atoms with Crippen LogP contribution in [0.3, 0.4) is 0 Å². The Hall–Kier alpha value is -0.520. The summed E-state index contributed by atoms with van der Waals surface area (Å²) in [4.78, 5) is 0. The Morgan fingerprint density at radius 3 is 2.15 bits per heavy atom. The maximum Gasteiger partial charge on any atom is -0.00717 e. The minimum atomic E-state index is 0.568. The van der Waals surface area contributed by atoms with E-state index in [1.807, 2.05) is 27.7 Å². The van der Waals surface area contributed by atoms with Gasteiger partial charge in [0.25, 0.3) is 0 Å². The fourth-order valence-electron chi connectivity index (χ4n) is 1.78. The highest BCUT2D eigenvalue weighted by molar-refractivity contribution is 5.33. The highest BCUT2D eigenvalue weighted by atomic mass is 14.5. The Labute approximate surface area is 83.7 Å². The molecule has 0 aromatic heterocycles. The van der Waals surface area contributed by atoms with Crippen molar-refractivity contribution in [1.29, 1.82) is 0 Å². The lowest BCUT2D eigenvalue weighted by atomic mass is 9.97. The first-order valence-electron chi connectivity index (χ1n) is 5.58. The van der Waals surface area contributed by atoms with Crippen LogP contribution < -0.4 is 0 Å². The average molecular weight is 180 g/mol. The van der Waals surface area contributed by atoms with Gasteiger partial charge in [-0.05, 0) is 24.7 Å². The molecule has 0 amide bonds. The smallest absolute Gasteiger partial charge is 0.00717 e. The van der Waals surface area contributed by atoms with Gasteiger partial charge in [0.1, 0.15) is 0 Å². The number of allylic oxidation sites excluding steroid dienone is 4. The minimum absolute atomic E-state index is 0.568. The molecule has 0 radical (unpaired) electrons. The van der Waals surface area contributed by atoms with Crippen molar-refractivity contribution >= 4 is 0 Å². The monoisotopic (exact) mass is 180 g/mol. The van der Waals surface area contributed by atoms with E-state index in [-0.39, 0.29) is 0 Å². The summed E-state index contributed by atoms with van der Waals surface area (Å²) in [7, 11) is 0. The van der Waals surface area contributed by atoms with E-state index in [0.717, 1.165) is 5.92 Å². The molecule has 76 valence electrons. The molecule has 2 atom stereocenters. The molecular formula is C13H24. The summed E-state index contributed by atoms with van der Waals surface area (Å²) in [5.74, 6) is 0.891. The van der Waals surface area contributed by atoms with Crippen LogP contribution in [0.15, 0.2) is 23.8 Å². The zero-order chi connectivity index (χ0) is 10.5. The van der Waals surface area contributed by atoms with Gasteiger partial charge in [0.15, 0.2) is 0 Å². The molecule has 2 unspecified atom stereocenters. The Morgan fingerprint density at radius 2 is 1.77 bits per heavy atom. The van der Waals surface area contributed by atoms with Crippen LogP contribution in [0.2, 0.25) is 0 Å². The fourth-order valence-corrected chi connectivity index (χ4v) is 1.78. The van der Waals surface area contributed by atoms with Gasteiger partial charge in [0.2, 0.25) is 0 Å². The predicted molar refractivity (Wildman–Crippen MR) is 61.8 cm³/mol. The minimum Gasteiger partial charge on any atom is -0.0780 e. The van der Waals surface area contributed by atoms with E-state index in [2.05, 4.69) is 32.1 Å². The van der Waals surface area contributed by atoms with E-state index < -0.39 is 0 Å². The summed E-state index contributed by atoms with van der Waals surface area (Å²) >= 11 is 0. The summed E-state index contributed by atoms with van der Waals surface area (Å²) in [6.45, 7) is 12.6. The molecule has 0 N–H and O–H groups in total. The highest BCUT2D eigenvalue weighted by Crippen LogP contribution is 2.58. The largest absolute Gasteiger partial charge is 0.0780 e. The summed E-state index contributed by atoms with van der Waals surface area (Å²) < 4.78 is 0. The molecule has 1 saturated carbocycles. The van der Waals surface area contributed by atoms with E-state index >= 15 is 0 Å². The van der Waals surface area contributed by atoms with Gasteiger partial charge in [-0.1, -0.05) is 58.4 Å². The standard InChI is InChI=1S/C9H12.2C2H6/c1-7-4-3-5-9(2)6-8(7)9;2*1-2/h3-5,8H,6H2,1-2H3;2*1-2H3. The molecule has 0 bridgehead atoms. The second-order valence-electron chi connectivity index (χ2n) is 3.53. The summed E-state index contributed by atoms with van der Waals surface area (Å²) in [5.41, 5.74) is 2.14. The zero-order valence-corrected chi connectivity index (χ0v) is 10.0. The van der Waals surface area contributed by atoms with Crippen molar-refractivity contribution in [2.75, 3.05) is 0 Å². The lowest BCUT2D eigenvalue weighted by Crippen LogP contribution is -1.96. The zero-order valence-electron chi connectivity index (χ0n) is 10.0. The van der Waals surface area contributed by atoms with Gasteiger partial charge in [0.05, 0.1) is 0 Å². The molecule has 0 nitrogen and oxygen atoms in total. The van der Waals surface area contributed by atoms with Gasteiger partial charge >= 0.3 is 0 Å². The van der Waals surface area contributed by atoms with Gasteiger partial charge in [-0.2, -0.15) is 0 Å². The maximum atomic E-state index is 2.34. The quantitative estimate of drug-likeness (QED) is 0.512. The maximum absolute atomic E-state index is 2.34. The lowest BCUT2D eigenvalue weighted by molar-refractivity contribution is 0.670. The Balaban J connectivity index is 0.000000322. The Morgan fingerprint density at radius 1 is 1.23 bits per heavy atom. The van der Waals surface area contributed by atoms with Crippen LogP contribution in [0.25, 0.3) is 0 Å². The fraction of sp³-hybridized carbons (Fsp3) is 0.692. The Kier molecular flexibility index (Phi) is 5.05. The molecule has 13 heavy (non-hydrogen) atoms. The topological polar surface area (TPSA) is 0 Å². The first kappa shape index (κ1) is 12.5. The van der Waals surface area contributed by atoms with Crippen molar-refractivity contribution < 1.29 is 0 Å². The molecule has 2 aliphatic rings. The molecule has 0 saturated heterocycles. The van der Waals surface area contributed by atoms with Crippen LogP contribution in [-0.4, -0.2) is 0 Å². The first-order valence-corrected chi connectivity index (χ1v) is 5.58. The normalized spacial score (nSPS) is 32.8. The number of fused-ring (bicyclic) bond motifs is 1. The van der Waals surface area contributed by atoms with Crippen molar-refractivity contribution in [2.45, 2.75) is 48.0 Å². The predicted octanol–water partition coefficient (Wildman–Crippen LogP) is 4.58. The molecule has 0 aliphatic heterocycles. The summed E-state index contributed by atoms with van der Waals surface area (Å²) in [5, 5.41) is 0. The van der Waals surface area contributed by atoms with Crippen molar-refractivity contribution in [3.8, 4) is 0 Å². The summed E-state index contributed by atoms with van der Waals surface area (Å²) in [6.07, 6.45) is 8.15. The van der Waals surface area contributed by atoms with Crippen LogP contribution in [0.5, 0.6) is 0 Å². The molecule has 1 fully saturated rings. The second-order valence-corrected chi connectivity index (χ2v) is 3.53. The summed E-state index contributed by atoms with van der Waals surface area (Å²) in [6, 6.07) is 0. The van der Waals surface area contributed by atoms with Crippen LogP contribution >= 0.6 is 0 Å². The number of rotatable bonds is 0. The van der Waals surface area contributed by atoms with E-state index in [1.165, 1.54) is 6.42 Å². The second kappa shape index (κ2) is 5.26. The van der Waals surface area contributed by atoms with Crippen LogP contribution in [0, 0.1) is 11.3 Å². The highest BCUT2D eigenvalue weighted by Gasteiger charge is 2.49. The van der Waals surface area contributed by atoms with Gasteiger partial charge in [-0.3, -0.25) is 0 Å². The van der Waals surface area contributed by atoms with Crippen molar-refractivity contribution in [3.05, 3.63) is 23.8 Å². The molecule has 0 heterocycles. The van der Waals surface area contributed by atoms with Gasteiger partial charge < -0.3 is 0 Å². The SMILES string of the molecule is CC.CC.CC1=CC=CC2(C)CC12. The van der Waals surface area contributed by atoms with Crippen LogP contribution in [-0.2, 0) is 0 Å². The molecule has 0 aromatic rings. The molecule has 0 aromatic carbocycles. The lowest BCUT2D eigenvalue weighted by Gasteiger charge is -2.08. The van der Waals surface area contributed by atoms with Gasteiger partial charge in [0, 0.05) is 0 Å². The van der Waals surface area contributed by atoms with E-state index in [1.54, 1.807) is 5.57 Å². The van der Waals surface area contributed by atoms with E-state index in [9.17, 15) is 0 Å². The van der Waals surface area contributed by atoms with Crippen molar-refractivity contribution in [3.63, 3.8) is 0 Å². The number of hydrogen-bond donors (Lipinski definition) is 0. The van der Waals surface area contributed by atoms with Gasteiger partial charge in [-0.25, -0.2) is 0 Å². The third-order valence-corrected chi connectivity index (χ3v) is 2.67. The first-order chi connectivity index (χ1) is 6.22. The van der Waals surface area contributed by atoms with E-state index in [0.29, 0.717) is 5.41 Å². The van der Waals surface area contributed by atoms with Crippen LogP contribution in [0.4, 0.5) is 0 Å². The van der Waals surface area contributed by atoms with E-state index in [4.69, 9.17) is 0 Å². The average Bonchev–Trinajstić information content (AvgIpc) is 2.86. The van der Waals surface area contributed by atoms with Crippen LogP contribution in [0.1, 0.15) is 48.0 Å². The third-order valence-electron chi connectivity index (χ3n) is 2.67.